The zero-order valence-electron chi connectivity index (χ0n) is 11.9. The lowest BCUT2D eigenvalue weighted by atomic mass is 10.2. The predicted molar refractivity (Wildman–Crippen MR) is 79.2 cm³/mol. The largest absolute Gasteiger partial charge is 0.390 e. The van der Waals surface area contributed by atoms with Crippen LogP contribution in [-0.2, 0) is 19.9 Å². The van der Waals surface area contributed by atoms with Gasteiger partial charge in [0.15, 0.2) is 9.84 Å². The monoisotopic (exact) mass is 344 g/mol. The van der Waals surface area contributed by atoms with Crippen LogP contribution in [-0.4, -0.2) is 56.4 Å². The van der Waals surface area contributed by atoms with Crippen molar-refractivity contribution in [3.63, 3.8) is 0 Å². The molecule has 1 aromatic rings. The Hall–Kier alpha value is -1.47. The Morgan fingerprint density at radius 3 is 2.59 bits per heavy atom. The van der Waals surface area contributed by atoms with E-state index in [-0.39, 0.29) is 17.0 Å². The van der Waals surface area contributed by atoms with Crippen LogP contribution < -0.4 is 0 Å². The number of aliphatic hydroxyl groups excluding tert-OH is 1. The number of nitriles is 1. The van der Waals surface area contributed by atoms with E-state index >= 15 is 0 Å². The van der Waals surface area contributed by atoms with E-state index in [9.17, 15) is 21.9 Å². The van der Waals surface area contributed by atoms with Gasteiger partial charge in [0.2, 0.25) is 10.0 Å². The first-order valence-corrected chi connectivity index (χ1v) is 9.88. The van der Waals surface area contributed by atoms with Crippen LogP contribution in [0.5, 0.6) is 0 Å². The molecule has 0 saturated carbocycles. The van der Waals surface area contributed by atoms with E-state index in [0.717, 1.165) is 4.31 Å². The zero-order valence-corrected chi connectivity index (χ0v) is 13.5. The van der Waals surface area contributed by atoms with E-state index in [1.165, 1.54) is 24.3 Å². The smallest absolute Gasteiger partial charge is 0.243 e. The van der Waals surface area contributed by atoms with Gasteiger partial charge in [-0.2, -0.15) is 9.57 Å². The van der Waals surface area contributed by atoms with Crippen LogP contribution in [0.1, 0.15) is 12.5 Å². The van der Waals surface area contributed by atoms with E-state index < -0.39 is 43.5 Å². The first-order valence-electron chi connectivity index (χ1n) is 6.62. The van der Waals surface area contributed by atoms with Crippen molar-refractivity contribution in [2.24, 2.45) is 0 Å². The summed E-state index contributed by atoms with van der Waals surface area (Å²) in [5.41, 5.74) is 0.191. The molecule has 22 heavy (non-hydrogen) atoms. The van der Waals surface area contributed by atoms with Crippen LogP contribution in [0.25, 0.3) is 0 Å². The summed E-state index contributed by atoms with van der Waals surface area (Å²) in [7, 11) is -7.46. The first kappa shape index (κ1) is 16.9. The molecular formula is C13H16N2O5S2. The SMILES string of the molecule is CCN([C@@H]1CS(=O)(=O)C[C@@H]1O)S(=O)(=O)c1cccc(C#N)c1. The molecule has 1 aromatic carbocycles. The summed E-state index contributed by atoms with van der Waals surface area (Å²) in [4.78, 5) is -0.0927. The van der Waals surface area contributed by atoms with Crippen molar-refractivity contribution in [1.82, 2.24) is 4.31 Å². The molecule has 2 atom stereocenters. The number of nitrogens with zero attached hydrogens (tertiary/aromatic N) is 2. The summed E-state index contributed by atoms with van der Waals surface area (Å²) in [6, 6.07) is 6.34. The quantitative estimate of drug-likeness (QED) is 0.803. The highest BCUT2D eigenvalue weighted by Gasteiger charge is 2.44. The molecule has 1 saturated heterocycles. The van der Waals surface area contributed by atoms with Crippen molar-refractivity contribution in [3.8, 4) is 6.07 Å². The molecule has 0 spiro atoms. The number of aliphatic hydroxyl groups is 1. The molecule has 7 nitrogen and oxygen atoms in total. The van der Waals surface area contributed by atoms with E-state index in [2.05, 4.69) is 0 Å². The Bertz CT molecular complexity index is 811. The van der Waals surface area contributed by atoms with Gasteiger partial charge in [-0.3, -0.25) is 0 Å². The summed E-state index contributed by atoms with van der Waals surface area (Å²) in [6.07, 6.45) is -1.25. The average molecular weight is 344 g/mol. The molecule has 0 bridgehead atoms. The third-order valence-electron chi connectivity index (χ3n) is 3.54. The Balaban J connectivity index is 2.44. The third kappa shape index (κ3) is 3.15. The summed E-state index contributed by atoms with van der Waals surface area (Å²) < 4.78 is 49.6. The van der Waals surface area contributed by atoms with Gasteiger partial charge in [-0.15, -0.1) is 0 Å². The zero-order chi connectivity index (χ0) is 16.5. The first-order chi connectivity index (χ1) is 10.2. The lowest BCUT2D eigenvalue weighted by molar-refractivity contribution is 0.130. The normalized spacial score (nSPS) is 24.3. The van der Waals surface area contributed by atoms with Gasteiger partial charge >= 0.3 is 0 Å². The number of sulfone groups is 1. The minimum Gasteiger partial charge on any atom is -0.390 e. The number of hydrogen-bond acceptors (Lipinski definition) is 6. The summed E-state index contributed by atoms with van der Waals surface area (Å²) in [6.45, 7) is 1.60. The van der Waals surface area contributed by atoms with Crippen LogP contribution in [0, 0.1) is 11.3 Å². The maximum absolute atomic E-state index is 12.7. The fraction of sp³-hybridized carbons (Fsp3) is 0.462. The molecule has 0 unspecified atom stereocenters. The number of rotatable bonds is 4. The molecule has 0 aliphatic carbocycles. The van der Waals surface area contributed by atoms with Crippen LogP contribution in [0.4, 0.5) is 0 Å². The fourth-order valence-corrected chi connectivity index (χ4v) is 6.13. The Morgan fingerprint density at radius 1 is 1.41 bits per heavy atom. The molecule has 120 valence electrons. The minimum absolute atomic E-state index is 0.0242. The summed E-state index contributed by atoms with van der Waals surface area (Å²) in [5.74, 6) is -0.846. The Kier molecular flexibility index (Phi) is 4.58. The van der Waals surface area contributed by atoms with Gasteiger partial charge in [-0.1, -0.05) is 13.0 Å². The second kappa shape index (κ2) is 5.96. The molecule has 0 aromatic heterocycles. The molecule has 1 heterocycles. The number of hydrogen-bond donors (Lipinski definition) is 1. The highest BCUT2D eigenvalue weighted by Crippen LogP contribution is 2.25. The standard InChI is InChI=1S/C13H16N2O5S2/c1-2-15(12-8-21(17,18)9-13(12)16)22(19,20)11-5-3-4-10(6-11)7-14/h3-6,12-13,16H,2,8-9H2,1H3/t12-,13+/m1/s1. The van der Waals surface area contributed by atoms with E-state index in [1.54, 1.807) is 6.92 Å². The average Bonchev–Trinajstić information content (AvgIpc) is 2.72. The van der Waals surface area contributed by atoms with Crippen molar-refractivity contribution >= 4 is 19.9 Å². The van der Waals surface area contributed by atoms with Crippen LogP contribution >= 0.6 is 0 Å². The minimum atomic E-state index is -3.99. The topological polar surface area (TPSA) is 116 Å². The lowest BCUT2D eigenvalue weighted by Gasteiger charge is -2.28. The van der Waals surface area contributed by atoms with Gasteiger partial charge in [-0.05, 0) is 18.2 Å². The van der Waals surface area contributed by atoms with Crippen LogP contribution in [0.3, 0.4) is 0 Å². The second-order valence-corrected chi connectivity index (χ2v) is 9.10. The van der Waals surface area contributed by atoms with Gasteiger partial charge < -0.3 is 5.11 Å². The number of benzene rings is 1. The molecule has 2 rings (SSSR count). The van der Waals surface area contributed by atoms with Crippen molar-refractivity contribution < 1.29 is 21.9 Å². The van der Waals surface area contributed by atoms with Crippen molar-refractivity contribution in [2.45, 2.75) is 24.0 Å². The molecular weight excluding hydrogens is 328 g/mol. The second-order valence-electron chi connectivity index (χ2n) is 5.06. The Labute approximate surface area is 129 Å². The van der Waals surface area contributed by atoms with Gasteiger partial charge in [0.25, 0.3) is 0 Å². The predicted octanol–water partition coefficient (Wildman–Crippen LogP) is -0.273. The van der Waals surface area contributed by atoms with Gasteiger partial charge in [0, 0.05) is 6.54 Å². The number of sulfonamides is 1. The van der Waals surface area contributed by atoms with Gasteiger partial charge in [0.05, 0.1) is 40.2 Å². The van der Waals surface area contributed by atoms with E-state index in [4.69, 9.17) is 5.26 Å². The molecule has 0 radical (unpaired) electrons. The lowest BCUT2D eigenvalue weighted by Crippen LogP contribution is -2.46. The van der Waals surface area contributed by atoms with E-state index in [0.29, 0.717) is 0 Å². The molecule has 1 fully saturated rings. The van der Waals surface area contributed by atoms with Crippen molar-refractivity contribution in [3.05, 3.63) is 29.8 Å². The van der Waals surface area contributed by atoms with Crippen molar-refractivity contribution in [2.75, 3.05) is 18.1 Å². The van der Waals surface area contributed by atoms with Gasteiger partial charge in [-0.25, -0.2) is 16.8 Å². The summed E-state index contributed by atoms with van der Waals surface area (Å²) >= 11 is 0. The van der Waals surface area contributed by atoms with E-state index in [1.807, 2.05) is 6.07 Å². The molecule has 1 aliphatic heterocycles. The van der Waals surface area contributed by atoms with Crippen LogP contribution in [0.15, 0.2) is 29.2 Å². The summed E-state index contributed by atoms with van der Waals surface area (Å²) in [5, 5.41) is 18.8. The molecule has 1 aliphatic rings. The molecule has 9 heteroatoms. The highest BCUT2D eigenvalue weighted by molar-refractivity contribution is 7.92. The van der Waals surface area contributed by atoms with Gasteiger partial charge in [0.1, 0.15) is 0 Å². The molecule has 0 amide bonds. The number of likely N-dealkylation sites (N-methyl/N-ethyl adjacent to an activating group) is 1. The van der Waals surface area contributed by atoms with Crippen molar-refractivity contribution in [1.29, 1.82) is 5.26 Å². The molecule has 1 N–H and O–H groups in total. The third-order valence-corrected chi connectivity index (χ3v) is 7.24. The maximum atomic E-state index is 12.7. The fourth-order valence-electron chi connectivity index (χ4n) is 2.53. The van der Waals surface area contributed by atoms with Crippen LogP contribution in [0.2, 0.25) is 0 Å². The maximum Gasteiger partial charge on any atom is 0.243 e. The Morgan fingerprint density at radius 2 is 2.09 bits per heavy atom. The highest BCUT2D eigenvalue weighted by atomic mass is 32.2.